The van der Waals surface area contributed by atoms with Crippen LogP contribution in [0, 0.1) is 6.92 Å². The fourth-order valence-corrected chi connectivity index (χ4v) is 4.61. The topological polar surface area (TPSA) is 67.1 Å². The van der Waals surface area contributed by atoms with Gasteiger partial charge in [-0.05, 0) is 44.0 Å². The van der Waals surface area contributed by atoms with Gasteiger partial charge >= 0.3 is 0 Å². The standard InChI is InChI=1S/C20H23N5O/c1-13-11-22-20-19(23-13)18-15-3-2-9-24(15)10-6-16(18)25(20)12-17(26)14-4-7-21-8-5-14/h4-5,7-8,11,15,17,26H,2-3,6,9-10,12H2,1H3. The van der Waals surface area contributed by atoms with Gasteiger partial charge in [0, 0.05) is 42.7 Å². The Balaban J connectivity index is 1.64. The average molecular weight is 349 g/mol. The van der Waals surface area contributed by atoms with Crippen LogP contribution in [0.2, 0.25) is 0 Å². The van der Waals surface area contributed by atoms with Crippen LogP contribution in [0.3, 0.4) is 0 Å². The number of aromatic nitrogens is 4. The molecular weight excluding hydrogens is 326 g/mol. The predicted molar refractivity (Wildman–Crippen MR) is 98.7 cm³/mol. The summed E-state index contributed by atoms with van der Waals surface area (Å²) in [5.41, 5.74) is 6.42. The summed E-state index contributed by atoms with van der Waals surface area (Å²) in [5, 5.41) is 10.8. The second kappa shape index (κ2) is 6.14. The second-order valence-electron chi connectivity index (χ2n) is 7.39. The van der Waals surface area contributed by atoms with Crippen molar-refractivity contribution in [1.29, 1.82) is 0 Å². The minimum Gasteiger partial charge on any atom is -0.387 e. The van der Waals surface area contributed by atoms with Gasteiger partial charge in [0.05, 0.1) is 24.5 Å². The van der Waals surface area contributed by atoms with E-state index in [0.717, 1.165) is 35.4 Å². The molecule has 134 valence electrons. The zero-order valence-corrected chi connectivity index (χ0v) is 15.0. The molecule has 0 amide bonds. The number of fused-ring (bicyclic) bond motifs is 5. The Kier molecular flexibility index (Phi) is 3.76. The van der Waals surface area contributed by atoms with E-state index in [9.17, 15) is 5.11 Å². The van der Waals surface area contributed by atoms with Crippen LogP contribution in [0.1, 0.15) is 47.5 Å². The highest BCUT2D eigenvalue weighted by atomic mass is 16.3. The zero-order chi connectivity index (χ0) is 17.7. The summed E-state index contributed by atoms with van der Waals surface area (Å²) in [5.74, 6) is 0. The van der Waals surface area contributed by atoms with Gasteiger partial charge in [-0.25, -0.2) is 9.97 Å². The third-order valence-electron chi connectivity index (χ3n) is 5.80. The van der Waals surface area contributed by atoms with E-state index in [4.69, 9.17) is 9.97 Å². The third kappa shape index (κ3) is 2.44. The van der Waals surface area contributed by atoms with E-state index in [1.54, 1.807) is 12.4 Å². The van der Waals surface area contributed by atoms with Crippen molar-refractivity contribution in [2.75, 3.05) is 13.1 Å². The summed E-state index contributed by atoms with van der Waals surface area (Å²) < 4.78 is 2.21. The van der Waals surface area contributed by atoms with Crippen molar-refractivity contribution in [2.45, 2.75) is 44.9 Å². The van der Waals surface area contributed by atoms with E-state index in [1.807, 2.05) is 25.3 Å². The van der Waals surface area contributed by atoms with Gasteiger partial charge in [0.15, 0.2) is 5.65 Å². The van der Waals surface area contributed by atoms with Crippen molar-refractivity contribution >= 4 is 11.2 Å². The van der Waals surface area contributed by atoms with Gasteiger partial charge in [-0.1, -0.05) is 0 Å². The first-order valence-corrected chi connectivity index (χ1v) is 9.39. The highest BCUT2D eigenvalue weighted by Gasteiger charge is 2.36. The number of aliphatic hydroxyl groups is 1. The quantitative estimate of drug-likeness (QED) is 0.787. The van der Waals surface area contributed by atoms with Crippen molar-refractivity contribution in [3.63, 3.8) is 0 Å². The molecule has 2 unspecified atom stereocenters. The number of hydrogen-bond acceptors (Lipinski definition) is 5. The molecule has 5 rings (SSSR count). The Labute approximate surface area is 152 Å². The largest absolute Gasteiger partial charge is 0.387 e. The molecule has 0 spiro atoms. The average Bonchev–Trinajstić information content (AvgIpc) is 3.25. The summed E-state index contributed by atoms with van der Waals surface area (Å²) in [6, 6.07) is 4.20. The maximum Gasteiger partial charge on any atom is 0.159 e. The maximum atomic E-state index is 10.8. The molecule has 0 aliphatic carbocycles. The predicted octanol–water partition coefficient (Wildman–Crippen LogP) is 2.56. The van der Waals surface area contributed by atoms with Crippen LogP contribution in [-0.2, 0) is 13.0 Å². The molecule has 3 aromatic rings. The normalized spacial score (nSPS) is 20.9. The third-order valence-corrected chi connectivity index (χ3v) is 5.80. The molecule has 2 aliphatic rings. The van der Waals surface area contributed by atoms with E-state index in [1.165, 1.54) is 30.6 Å². The molecule has 3 aromatic heterocycles. The number of aliphatic hydroxyl groups excluding tert-OH is 1. The van der Waals surface area contributed by atoms with Crippen molar-refractivity contribution in [3.05, 3.63) is 53.2 Å². The van der Waals surface area contributed by atoms with Crippen molar-refractivity contribution in [2.24, 2.45) is 0 Å². The lowest BCUT2D eigenvalue weighted by molar-refractivity contribution is 0.155. The minimum atomic E-state index is -0.581. The van der Waals surface area contributed by atoms with Crippen molar-refractivity contribution in [3.8, 4) is 0 Å². The SMILES string of the molecule is Cc1cnc2c(n1)c1c(n2CC(O)c2ccncc2)CCN2CCCC12. The molecule has 0 bridgehead atoms. The number of rotatable bonds is 3. The fourth-order valence-electron chi connectivity index (χ4n) is 4.61. The minimum absolute atomic E-state index is 0.455. The van der Waals surface area contributed by atoms with E-state index >= 15 is 0 Å². The number of nitrogens with zero attached hydrogens (tertiary/aromatic N) is 5. The maximum absolute atomic E-state index is 10.8. The van der Waals surface area contributed by atoms with Gasteiger partial charge in [0.1, 0.15) is 5.52 Å². The molecule has 1 saturated heterocycles. The van der Waals surface area contributed by atoms with Gasteiger partial charge in [0.25, 0.3) is 0 Å². The summed E-state index contributed by atoms with van der Waals surface area (Å²) in [6.45, 7) is 4.76. The Morgan fingerprint density at radius 1 is 1.27 bits per heavy atom. The van der Waals surface area contributed by atoms with Crippen LogP contribution < -0.4 is 0 Å². The number of hydrogen-bond donors (Lipinski definition) is 1. The Morgan fingerprint density at radius 2 is 2.12 bits per heavy atom. The molecule has 6 nitrogen and oxygen atoms in total. The Morgan fingerprint density at radius 3 is 2.96 bits per heavy atom. The van der Waals surface area contributed by atoms with E-state index in [-0.39, 0.29) is 0 Å². The lowest BCUT2D eigenvalue weighted by Crippen LogP contribution is -2.31. The first-order valence-electron chi connectivity index (χ1n) is 9.39. The van der Waals surface area contributed by atoms with E-state index < -0.39 is 6.10 Å². The molecule has 1 N–H and O–H groups in total. The van der Waals surface area contributed by atoms with Gasteiger partial charge < -0.3 is 9.67 Å². The van der Waals surface area contributed by atoms with Crippen molar-refractivity contribution < 1.29 is 5.11 Å². The van der Waals surface area contributed by atoms with Gasteiger partial charge in [0.2, 0.25) is 0 Å². The highest BCUT2D eigenvalue weighted by molar-refractivity contribution is 5.79. The summed E-state index contributed by atoms with van der Waals surface area (Å²) in [7, 11) is 0. The molecule has 2 aliphatic heterocycles. The summed E-state index contributed by atoms with van der Waals surface area (Å²) in [6.07, 6.45) is 8.12. The van der Waals surface area contributed by atoms with Crippen LogP contribution >= 0.6 is 0 Å². The first-order chi connectivity index (χ1) is 12.7. The van der Waals surface area contributed by atoms with Gasteiger partial charge in [-0.15, -0.1) is 0 Å². The zero-order valence-electron chi connectivity index (χ0n) is 15.0. The molecule has 0 aromatic carbocycles. The van der Waals surface area contributed by atoms with E-state index in [2.05, 4.69) is 14.5 Å². The van der Waals surface area contributed by atoms with Crippen LogP contribution in [0.5, 0.6) is 0 Å². The number of aryl methyl sites for hydroxylation is 1. The monoisotopic (exact) mass is 349 g/mol. The van der Waals surface area contributed by atoms with Crippen LogP contribution in [0.25, 0.3) is 11.2 Å². The molecule has 5 heterocycles. The molecule has 0 radical (unpaired) electrons. The van der Waals surface area contributed by atoms with Gasteiger partial charge in [-0.2, -0.15) is 0 Å². The number of pyridine rings is 1. The molecule has 1 fully saturated rings. The van der Waals surface area contributed by atoms with Crippen LogP contribution in [0.15, 0.2) is 30.7 Å². The molecule has 6 heteroatoms. The molecule has 2 atom stereocenters. The second-order valence-corrected chi connectivity index (χ2v) is 7.39. The van der Waals surface area contributed by atoms with Crippen LogP contribution in [-0.4, -0.2) is 42.6 Å². The molecule has 0 saturated carbocycles. The molecular formula is C20H23N5O. The lowest BCUT2D eigenvalue weighted by atomic mass is 9.98. The van der Waals surface area contributed by atoms with Crippen molar-refractivity contribution in [1.82, 2.24) is 24.4 Å². The lowest BCUT2D eigenvalue weighted by Gasteiger charge is -2.30. The first kappa shape index (κ1) is 15.9. The fraction of sp³-hybridized carbons (Fsp3) is 0.450. The molecule has 26 heavy (non-hydrogen) atoms. The highest BCUT2D eigenvalue weighted by Crippen LogP contribution is 2.42. The smallest absolute Gasteiger partial charge is 0.159 e. The van der Waals surface area contributed by atoms with Crippen LogP contribution in [0.4, 0.5) is 0 Å². The van der Waals surface area contributed by atoms with E-state index in [0.29, 0.717) is 12.6 Å². The Bertz CT molecular complexity index is 952. The summed E-state index contributed by atoms with van der Waals surface area (Å²) >= 11 is 0. The van der Waals surface area contributed by atoms with Gasteiger partial charge in [-0.3, -0.25) is 9.88 Å². The summed E-state index contributed by atoms with van der Waals surface area (Å²) in [4.78, 5) is 16.2. The Hall–Kier alpha value is -2.31.